The molecule has 2 aliphatic heterocycles. The lowest BCUT2D eigenvalue weighted by Crippen LogP contribution is -2.39. The number of piperidine rings is 1. The third kappa shape index (κ3) is 5.66. The summed E-state index contributed by atoms with van der Waals surface area (Å²) in [6, 6.07) is 13.5. The van der Waals surface area contributed by atoms with Crippen molar-refractivity contribution < 1.29 is 28.2 Å². The average molecular weight is 560 g/mol. The zero-order valence-corrected chi connectivity index (χ0v) is 22.6. The minimum Gasteiger partial charge on any atom is -0.475 e. The number of likely N-dealkylation sites (tertiary alicyclic amines) is 1. The lowest BCUT2D eigenvalue weighted by Gasteiger charge is -2.36. The van der Waals surface area contributed by atoms with Gasteiger partial charge in [0.2, 0.25) is 17.4 Å². The van der Waals surface area contributed by atoms with E-state index in [0.717, 1.165) is 44.1 Å². The molecule has 0 saturated carbocycles. The summed E-state index contributed by atoms with van der Waals surface area (Å²) in [7, 11) is 0. The first kappa shape index (κ1) is 26.9. The normalized spacial score (nSPS) is 21.0. The fourth-order valence-electron chi connectivity index (χ4n) is 5.64. The van der Waals surface area contributed by atoms with Crippen LogP contribution in [0.25, 0.3) is 11.2 Å². The smallest absolute Gasteiger partial charge is 0.371 e. The van der Waals surface area contributed by atoms with Gasteiger partial charge in [0, 0.05) is 42.5 Å². The molecular formula is C30H30FN5O5. The Hall–Kier alpha value is -4.27. The molecule has 4 aromatic rings. The van der Waals surface area contributed by atoms with Gasteiger partial charge in [-0.1, -0.05) is 19.1 Å². The number of carboxylic acid groups (broad SMARTS) is 1. The second kappa shape index (κ2) is 11.3. The van der Waals surface area contributed by atoms with Crippen molar-refractivity contribution in [3.05, 3.63) is 76.7 Å². The van der Waals surface area contributed by atoms with E-state index in [-0.39, 0.29) is 30.0 Å². The van der Waals surface area contributed by atoms with E-state index in [9.17, 15) is 14.3 Å². The van der Waals surface area contributed by atoms with Crippen LogP contribution in [0.15, 0.2) is 46.9 Å². The van der Waals surface area contributed by atoms with Gasteiger partial charge in [-0.05, 0) is 43.5 Å². The van der Waals surface area contributed by atoms with Crippen LogP contribution in [-0.4, -0.2) is 56.3 Å². The Morgan fingerprint density at radius 1 is 1.24 bits per heavy atom. The molecule has 1 unspecified atom stereocenters. The molecule has 41 heavy (non-hydrogen) atoms. The van der Waals surface area contributed by atoms with Gasteiger partial charge >= 0.3 is 5.97 Å². The first-order valence-electron chi connectivity index (χ1n) is 13.7. The maximum Gasteiger partial charge on any atom is 0.371 e. The third-order valence-electron chi connectivity index (χ3n) is 7.95. The molecule has 6 rings (SSSR count). The summed E-state index contributed by atoms with van der Waals surface area (Å²) in [4.78, 5) is 23.2. The number of benzene rings is 1. The molecule has 2 aliphatic rings. The Labute approximate surface area is 235 Å². The molecule has 1 aromatic carbocycles. The van der Waals surface area contributed by atoms with Crippen LogP contribution in [-0.2, 0) is 24.4 Å². The quantitative estimate of drug-likeness (QED) is 0.310. The van der Waals surface area contributed by atoms with Gasteiger partial charge in [0.15, 0.2) is 0 Å². The van der Waals surface area contributed by atoms with E-state index in [1.54, 1.807) is 18.2 Å². The first-order valence-corrected chi connectivity index (χ1v) is 13.7. The van der Waals surface area contributed by atoms with Crippen LogP contribution in [0.1, 0.15) is 58.9 Å². The molecule has 0 spiro atoms. The summed E-state index contributed by atoms with van der Waals surface area (Å²) in [6.07, 6.45) is 1.95. The fourth-order valence-corrected chi connectivity index (χ4v) is 5.64. The monoisotopic (exact) mass is 559 g/mol. The van der Waals surface area contributed by atoms with E-state index < -0.39 is 11.8 Å². The molecule has 0 amide bonds. The number of imidazole rings is 1. The van der Waals surface area contributed by atoms with Crippen LogP contribution in [0.3, 0.4) is 0 Å². The zero-order chi connectivity index (χ0) is 28.5. The maximum absolute atomic E-state index is 14.3. The highest BCUT2D eigenvalue weighted by atomic mass is 19.1. The predicted molar refractivity (Wildman–Crippen MR) is 145 cm³/mol. The molecule has 0 aliphatic carbocycles. The van der Waals surface area contributed by atoms with E-state index in [1.165, 1.54) is 12.1 Å². The number of carbonyl (C=O) groups is 1. The topological polar surface area (TPSA) is 127 Å². The Bertz CT molecular complexity index is 1620. The molecule has 3 atom stereocenters. The molecule has 11 heteroatoms. The number of pyridine rings is 1. The van der Waals surface area contributed by atoms with Gasteiger partial charge in [0.05, 0.1) is 30.8 Å². The van der Waals surface area contributed by atoms with Gasteiger partial charge in [-0.2, -0.15) is 10.2 Å². The van der Waals surface area contributed by atoms with Crippen LogP contribution in [0, 0.1) is 23.1 Å². The van der Waals surface area contributed by atoms with Gasteiger partial charge in [0.1, 0.15) is 23.8 Å². The van der Waals surface area contributed by atoms with E-state index in [1.807, 2.05) is 22.8 Å². The number of nitrogens with zero attached hydrogens (tertiary/aromatic N) is 5. The second-order valence-corrected chi connectivity index (χ2v) is 10.7. The number of fused-ring (bicyclic) bond motifs is 1. The van der Waals surface area contributed by atoms with Crippen LogP contribution in [0.5, 0.6) is 5.88 Å². The lowest BCUT2D eigenvalue weighted by molar-refractivity contribution is -0.0592. The van der Waals surface area contributed by atoms with E-state index >= 15 is 0 Å². The summed E-state index contributed by atoms with van der Waals surface area (Å²) < 4.78 is 33.2. The van der Waals surface area contributed by atoms with Crippen molar-refractivity contribution in [1.82, 2.24) is 19.4 Å². The third-order valence-corrected chi connectivity index (χ3v) is 7.95. The highest BCUT2D eigenvalue weighted by Gasteiger charge is 2.31. The lowest BCUT2D eigenvalue weighted by atomic mass is 9.84. The molecule has 0 radical (unpaired) electrons. The number of rotatable bonds is 9. The standard InChI is InChI=1S/C30H30FN5O5/c1-18-14-35(16-27-34-29-25(12-26(41-29)30(37)38)36(27)15-21-8-10-39-21)9-7-22(18)24-3-2-4-28(33-24)40-17-20-6-5-19(13-32)11-23(20)31/h2-6,11-12,18,21-22H,7-10,14-17H2,1H3,(H,37,38)/t18-,21+,22?/m1/s1. The Morgan fingerprint density at radius 3 is 2.80 bits per heavy atom. The highest BCUT2D eigenvalue weighted by Crippen LogP contribution is 2.34. The molecule has 2 saturated heterocycles. The average Bonchev–Trinajstić information content (AvgIpc) is 3.48. The number of carboxylic acids is 1. The summed E-state index contributed by atoms with van der Waals surface area (Å²) >= 11 is 0. The molecule has 3 aromatic heterocycles. The number of hydrogen-bond acceptors (Lipinski definition) is 8. The van der Waals surface area contributed by atoms with Crippen LogP contribution in [0.2, 0.25) is 0 Å². The maximum atomic E-state index is 14.3. The number of ether oxygens (including phenoxy) is 2. The van der Waals surface area contributed by atoms with Crippen molar-refractivity contribution in [2.24, 2.45) is 5.92 Å². The summed E-state index contributed by atoms with van der Waals surface area (Å²) in [5.74, 6) is 0.104. The van der Waals surface area contributed by atoms with Crippen molar-refractivity contribution in [2.75, 3.05) is 19.7 Å². The summed E-state index contributed by atoms with van der Waals surface area (Å²) in [5, 5.41) is 18.3. The number of hydrogen-bond donors (Lipinski definition) is 1. The minimum absolute atomic E-state index is 0.0252. The van der Waals surface area contributed by atoms with Crippen LogP contribution in [0.4, 0.5) is 4.39 Å². The van der Waals surface area contributed by atoms with Crippen molar-refractivity contribution in [1.29, 1.82) is 5.26 Å². The van der Waals surface area contributed by atoms with Crippen molar-refractivity contribution in [3.8, 4) is 11.9 Å². The Kier molecular flexibility index (Phi) is 7.43. The van der Waals surface area contributed by atoms with Gasteiger partial charge in [0.25, 0.3) is 0 Å². The number of nitriles is 1. The zero-order valence-electron chi connectivity index (χ0n) is 22.6. The van der Waals surface area contributed by atoms with E-state index in [0.29, 0.717) is 41.7 Å². The van der Waals surface area contributed by atoms with Crippen LogP contribution < -0.4 is 4.74 Å². The molecule has 2 fully saturated rings. The van der Waals surface area contributed by atoms with Crippen molar-refractivity contribution >= 4 is 17.2 Å². The number of aromatic carboxylic acids is 1. The predicted octanol–water partition coefficient (Wildman–Crippen LogP) is 4.73. The number of halogens is 1. The minimum atomic E-state index is -1.11. The van der Waals surface area contributed by atoms with Gasteiger partial charge in [-0.25, -0.2) is 14.2 Å². The molecule has 10 nitrogen and oxygen atoms in total. The van der Waals surface area contributed by atoms with Crippen LogP contribution >= 0.6 is 0 Å². The molecule has 212 valence electrons. The first-order chi connectivity index (χ1) is 19.9. The Balaban J connectivity index is 1.11. The van der Waals surface area contributed by atoms with Crippen molar-refractivity contribution in [2.45, 2.75) is 51.5 Å². The van der Waals surface area contributed by atoms with E-state index in [4.69, 9.17) is 24.1 Å². The molecule has 1 N–H and O–H groups in total. The fraction of sp³-hybridized carbons (Fsp3) is 0.400. The van der Waals surface area contributed by atoms with Gasteiger partial charge < -0.3 is 23.6 Å². The molecule has 5 heterocycles. The van der Waals surface area contributed by atoms with Gasteiger partial charge in [-0.15, -0.1) is 0 Å². The summed E-state index contributed by atoms with van der Waals surface area (Å²) in [6.45, 7) is 5.87. The molecular weight excluding hydrogens is 529 g/mol. The largest absolute Gasteiger partial charge is 0.475 e. The number of aromatic nitrogens is 3. The Morgan fingerprint density at radius 2 is 2.10 bits per heavy atom. The number of furan rings is 1. The van der Waals surface area contributed by atoms with E-state index in [2.05, 4.69) is 16.8 Å². The van der Waals surface area contributed by atoms with Crippen molar-refractivity contribution in [3.63, 3.8) is 0 Å². The SMILES string of the molecule is C[C@@H]1CN(Cc2nc3oc(C(=O)O)cc3n2C[C@@H]2CCO2)CCC1c1cccc(OCc2ccc(C#N)cc2F)n1. The van der Waals surface area contributed by atoms with Gasteiger partial charge in [-0.3, -0.25) is 4.90 Å². The highest BCUT2D eigenvalue weighted by molar-refractivity contribution is 5.89. The second-order valence-electron chi connectivity index (χ2n) is 10.7. The molecule has 0 bridgehead atoms. The summed E-state index contributed by atoms with van der Waals surface area (Å²) in [5.41, 5.74) is 2.59.